The fraction of sp³-hybridized carbons (Fsp3) is 0.533. The van der Waals surface area contributed by atoms with Crippen LogP contribution in [0.3, 0.4) is 0 Å². The molecule has 4 nitrogen and oxygen atoms in total. The lowest BCUT2D eigenvalue weighted by atomic mass is 10.2. The highest BCUT2D eigenvalue weighted by molar-refractivity contribution is 9.10. The van der Waals surface area contributed by atoms with Gasteiger partial charge in [-0.15, -0.1) is 0 Å². The van der Waals surface area contributed by atoms with Crippen LogP contribution in [0.5, 0.6) is 5.75 Å². The van der Waals surface area contributed by atoms with Crippen LogP contribution in [0.1, 0.15) is 32.8 Å². The van der Waals surface area contributed by atoms with Crippen molar-refractivity contribution < 1.29 is 9.53 Å². The third-order valence-corrected chi connectivity index (χ3v) is 3.32. The molecule has 1 aromatic carbocycles. The van der Waals surface area contributed by atoms with Gasteiger partial charge >= 0.3 is 0 Å². The zero-order valence-electron chi connectivity index (χ0n) is 12.3. The predicted molar refractivity (Wildman–Crippen MR) is 84.9 cm³/mol. The van der Waals surface area contributed by atoms with Crippen LogP contribution in [0.15, 0.2) is 22.7 Å². The Bertz CT molecular complexity index is 436. The Hall–Kier alpha value is -1.07. The summed E-state index contributed by atoms with van der Waals surface area (Å²) >= 11 is 3.50. The molecule has 0 atom stereocenters. The van der Waals surface area contributed by atoms with Crippen molar-refractivity contribution in [2.75, 3.05) is 13.2 Å². The molecule has 0 aliphatic heterocycles. The summed E-state index contributed by atoms with van der Waals surface area (Å²) in [7, 11) is 0. The van der Waals surface area contributed by atoms with Gasteiger partial charge < -0.3 is 15.4 Å². The van der Waals surface area contributed by atoms with Crippen LogP contribution < -0.4 is 15.4 Å². The minimum atomic E-state index is 0.0152. The Kier molecular flexibility index (Phi) is 7.62. The van der Waals surface area contributed by atoms with E-state index in [0.717, 1.165) is 22.3 Å². The number of para-hydroxylation sites is 1. The lowest BCUT2D eigenvalue weighted by Gasteiger charge is -2.15. The summed E-state index contributed by atoms with van der Waals surface area (Å²) in [6, 6.07) is 6.37. The Labute approximate surface area is 129 Å². The maximum atomic E-state index is 11.4. The van der Waals surface area contributed by atoms with Crippen LogP contribution in [-0.4, -0.2) is 25.1 Å². The summed E-state index contributed by atoms with van der Waals surface area (Å²) in [5.41, 5.74) is 1.09. The topological polar surface area (TPSA) is 50.4 Å². The molecule has 0 aliphatic rings. The highest BCUT2D eigenvalue weighted by atomic mass is 79.9. The third kappa shape index (κ3) is 5.92. The summed E-state index contributed by atoms with van der Waals surface area (Å²) < 4.78 is 6.68. The van der Waals surface area contributed by atoms with Gasteiger partial charge in [0.15, 0.2) is 0 Å². The van der Waals surface area contributed by atoms with E-state index in [-0.39, 0.29) is 5.91 Å². The molecule has 1 amide bonds. The molecule has 0 unspecified atom stereocenters. The normalized spacial score (nSPS) is 10.7. The molecule has 112 valence electrons. The van der Waals surface area contributed by atoms with Crippen molar-refractivity contribution in [1.29, 1.82) is 0 Å². The van der Waals surface area contributed by atoms with Crippen LogP contribution in [0.2, 0.25) is 0 Å². The number of carbonyl (C=O) groups is 1. The molecule has 5 heteroatoms. The van der Waals surface area contributed by atoms with Crippen LogP contribution in [0.4, 0.5) is 0 Å². The first-order valence-electron chi connectivity index (χ1n) is 6.94. The molecule has 1 rings (SSSR count). The van der Waals surface area contributed by atoms with E-state index >= 15 is 0 Å². The summed E-state index contributed by atoms with van der Waals surface area (Å²) in [6.07, 6.45) is 0.367. The molecular weight excluding hydrogens is 320 g/mol. The van der Waals surface area contributed by atoms with E-state index in [1.54, 1.807) is 0 Å². The number of hydrogen-bond donors (Lipinski definition) is 2. The number of rotatable bonds is 8. The summed E-state index contributed by atoms with van der Waals surface area (Å²) in [5.74, 6) is 0.825. The Morgan fingerprint density at radius 2 is 2.15 bits per heavy atom. The lowest BCUT2D eigenvalue weighted by Crippen LogP contribution is -2.25. The predicted octanol–water partition coefficient (Wildman–Crippen LogP) is 2.85. The number of halogens is 1. The van der Waals surface area contributed by atoms with Crippen LogP contribution in [0, 0.1) is 0 Å². The maximum Gasteiger partial charge on any atom is 0.223 e. The van der Waals surface area contributed by atoms with E-state index in [0.29, 0.717) is 25.6 Å². The molecule has 0 aromatic heterocycles. The Morgan fingerprint density at radius 3 is 2.80 bits per heavy atom. The summed E-state index contributed by atoms with van der Waals surface area (Å²) in [4.78, 5) is 11.4. The fourth-order valence-electron chi connectivity index (χ4n) is 1.70. The molecule has 20 heavy (non-hydrogen) atoms. The molecular formula is C15H23BrN2O2. The van der Waals surface area contributed by atoms with Gasteiger partial charge in [0.05, 0.1) is 17.5 Å². The first kappa shape index (κ1) is 17.0. The van der Waals surface area contributed by atoms with Gasteiger partial charge in [0.1, 0.15) is 5.75 Å². The molecule has 2 N–H and O–H groups in total. The van der Waals surface area contributed by atoms with Gasteiger partial charge in [-0.2, -0.15) is 0 Å². The first-order chi connectivity index (χ1) is 9.54. The molecule has 0 saturated carbocycles. The van der Waals surface area contributed by atoms with Crippen LogP contribution in [0.25, 0.3) is 0 Å². The van der Waals surface area contributed by atoms with Gasteiger partial charge in [0.2, 0.25) is 5.91 Å². The number of ether oxygens (including phenoxy) is 1. The van der Waals surface area contributed by atoms with E-state index in [9.17, 15) is 4.79 Å². The molecule has 0 aliphatic carbocycles. The molecule has 0 saturated heterocycles. The summed E-state index contributed by atoms with van der Waals surface area (Å²) in [5, 5.41) is 6.13. The van der Waals surface area contributed by atoms with Gasteiger partial charge in [-0.1, -0.05) is 26.0 Å². The monoisotopic (exact) mass is 342 g/mol. The quantitative estimate of drug-likeness (QED) is 0.763. The van der Waals surface area contributed by atoms with Gasteiger partial charge in [0, 0.05) is 24.7 Å². The average molecular weight is 343 g/mol. The summed E-state index contributed by atoms with van der Waals surface area (Å²) in [6.45, 7) is 7.89. The molecule has 0 radical (unpaired) electrons. The maximum absolute atomic E-state index is 11.4. The SMILES string of the molecule is CCNC(=O)CCOc1c(Br)cccc1CNC(C)C. The number of nitrogens with one attached hydrogen (secondary N) is 2. The zero-order chi connectivity index (χ0) is 15.0. The van der Waals surface area contributed by atoms with Crippen LogP contribution in [-0.2, 0) is 11.3 Å². The van der Waals surface area contributed by atoms with Gasteiger partial charge in [-0.25, -0.2) is 0 Å². The second kappa shape index (κ2) is 8.97. The van der Waals surface area contributed by atoms with E-state index < -0.39 is 0 Å². The van der Waals surface area contributed by atoms with Crippen molar-refractivity contribution in [3.8, 4) is 5.75 Å². The molecule has 0 heterocycles. The van der Waals surface area contributed by atoms with Gasteiger partial charge in [-0.05, 0) is 28.9 Å². The lowest BCUT2D eigenvalue weighted by molar-refractivity contribution is -0.121. The van der Waals surface area contributed by atoms with Crippen molar-refractivity contribution in [1.82, 2.24) is 10.6 Å². The highest BCUT2D eigenvalue weighted by Gasteiger charge is 2.09. The number of benzene rings is 1. The molecule has 0 fully saturated rings. The van der Waals surface area contributed by atoms with Gasteiger partial charge in [0.25, 0.3) is 0 Å². The first-order valence-corrected chi connectivity index (χ1v) is 7.74. The molecule has 1 aromatic rings. The van der Waals surface area contributed by atoms with E-state index in [2.05, 4.69) is 40.4 Å². The third-order valence-electron chi connectivity index (χ3n) is 2.70. The van der Waals surface area contributed by atoms with Crippen molar-refractivity contribution in [2.24, 2.45) is 0 Å². The van der Waals surface area contributed by atoms with Crippen molar-refractivity contribution in [3.05, 3.63) is 28.2 Å². The standard InChI is InChI=1S/C15H23BrN2O2/c1-4-17-14(19)8-9-20-15-12(10-18-11(2)3)6-5-7-13(15)16/h5-7,11,18H,4,8-10H2,1-3H3,(H,17,19). The van der Waals surface area contributed by atoms with Crippen molar-refractivity contribution in [2.45, 2.75) is 39.8 Å². The molecule has 0 spiro atoms. The number of hydrogen-bond acceptors (Lipinski definition) is 3. The van der Waals surface area contributed by atoms with Crippen LogP contribution >= 0.6 is 15.9 Å². The second-order valence-electron chi connectivity index (χ2n) is 4.82. The zero-order valence-corrected chi connectivity index (χ0v) is 13.9. The largest absolute Gasteiger partial charge is 0.492 e. The van der Waals surface area contributed by atoms with Gasteiger partial charge in [-0.3, -0.25) is 4.79 Å². The second-order valence-corrected chi connectivity index (χ2v) is 5.67. The number of amides is 1. The smallest absolute Gasteiger partial charge is 0.223 e. The minimum absolute atomic E-state index is 0.0152. The highest BCUT2D eigenvalue weighted by Crippen LogP contribution is 2.29. The Morgan fingerprint density at radius 1 is 1.40 bits per heavy atom. The molecule has 0 bridgehead atoms. The average Bonchev–Trinajstić information content (AvgIpc) is 2.39. The Balaban J connectivity index is 2.60. The van der Waals surface area contributed by atoms with Crippen molar-refractivity contribution in [3.63, 3.8) is 0 Å². The van der Waals surface area contributed by atoms with E-state index in [1.807, 2.05) is 25.1 Å². The van der Waals surface area contributed by atoms with E-state index in [1.165, 1.54) is 0 Å². The fourth-order valence-corrected chi connectivity index (χ4v) is 2.22. The number of carbonyl (C=O) groups excluding carboxylic acids is 1. The van der Waals surface area contributed by atoms with E-state index in [4.69, 9.17) is 4.74 Å². The minimum Gasteiger partial charge on any atom is -0.492 e. The van der Waals surface area contributed by atoms with Crippen molar-refractivity contribution >= 4 is 21.8 Å².